The minimum absolute atomic E-state index is 0.0118. The highest BCUT2D eigenvalue weighted by Crippen LogP contribution is 2.49. The number of nitrogens with one attached hydrogen (secondary N) is 2. The van der Waals surface area contributed by atoms with Gasteiger partial charge in [-0.1, -0.05) is 59.6 Å². The number of amides is 4. The number of halogens is 2. The molecule has 4 aromatic rings. The maximum atomic E-state index is 14.6. The lowest BCUT2D eigenvalue weighted by molar-refractivity contribution is -0.121. The van der Waals surface area contributed by atoms with Gasteiger partial charge in [-0.2, -0.15) is 9.79 Å². The van der Waals surface area contributed by atoms with Gasteiger partial charge in [-0.3, -0.25) is 9.59 Å². The molecule has 1 aliphatic rings. The van der Waals surface area contributed by atoms with E-state index in [1.807, 2.05) is 0 Å². The maximum Gasteiger partial charge on any atom is 0.318 e. The summed E-state index contributed by atoms with van der Waals surface area (Å²) >= 11 is 13.0. The SMILES string of the molecule is CCN(CC)C(=O)NC1(c2ccccc2Cl)C(=O)N(S(=O)(=O)c2ccc(C(=O)NOc3ccccc3)cc2)c2ccc(Cl)cc21. The van der Waals surface area contributed by atoms with Crippen LogP contribution in [-0.2, 0) is 20.4 Å². The molecule has 0 aromatic heterocycles. The number of urea groups is 1. The molecule has 1 aliphatic heterocycles. The summed E-state index contributed by atoms with van der Waals surface area (Å²) in [7, 11) is -4.60. The van der Waals surface area contributed by atoms with E-state index in [9.17, 15) is 22.8 Å². The Hall–Kier alpha value is -4.58. The van der Waals surface area contributed by atoms with Gasteiger partial charge in [0.1, 0.15) is 0 Å². The van der Waals surface area contributed by atoms with Gasteiger partial charge in [0.15, 0.2) is 11.3 Å². The summed E-state index contributed by atoms with van der Waals surface area (Å²) in [6.07, 6.45) is 0. The molecule has 5 rings (SSSR count). The molecular formula is C32H28Cl2N4O6S. The molecule has 1 heterocycles. The zero-order valence-electron chi connectivity index (χ0n) is 24.2. The van der Waals surface area contributed by atoms with E-state index in [0.717, 1.165) is 0 Å². The lowest BCUT2D eigenvalue weighted by Gasteiger charge is -2.33. The summed E-state index contributed by atoms with van der Waals surface area (Å²) in [5.74, 6) is -1.19. The average Bonchev–Trinajstić information content (AvgIpc) is 3.28. The Balaban J connectivity index is 1.57. The third-order valence-electron chi connectivity index (χ3n) is 7.37. The van der Waals surface area contributed by atoms with Gasteiger partial charge in [0.25, 0.3) is 21.8 Å². The third-order valence-corrected chi connectivity index (χ3v) is 9.64. The minimum Gasteiger partial charge on any atom is -0.379 e. The highest BCUT2D eigenvalue weighted by Gasteiger charge is 2.58. The molecule has 13 heteroatoms. The van der Waals surface area contributed by atoms with E-state index in [2.05, 4.69) is 10.8 Å². The van der Waals surface area contributed by atoms with Gasteiger partial charge in [0.05, 0.1) is 10.6 Å². The fourth-order valence-electron chi connectivity index (χ4n) is 5.10. The van der Waals surface area contributed by atoms with Gasteiger partial charge in [-0.25, -0.2) is 13.2 Å². The van der Waals surface area contributed by atoms with Gasteiger partial charge in [-0.15, -0.1) is 0 Å². The van der Waals surface area contributed by atoms with Crippen molar-refractivity contribution in [1.82, 2.24) is 15.7 Å². The molecule has 45 heavy (non-hydrogen) atoms. The van der Waals surface area contributed by atoms with Crippen molar-refractivity contribution in [1.29, 1.82) is 0 Å². The van der Waals surface area contributed by atoms with Crippen LogP contribution in [0.25, 0.3) is 0 Å². The molecule has 0 aliphatic carbocycles. The van der Waals surface area contributed by atoms with Crippen molar-refractivity contribution in [3.63, 3.8) is 0 Å². The highest BCUT2D eigenvalue weighted by atomic mass is 35.5. The first-order chi connectivity index (χ1) is 21.5. The van der Waals surface area contributed by atoms with Crippen LogP contribution < -0.4 is 19.9 Å². The molecule has 0 fully saturated rings. The lowest BCUT2D eigenvalue weighted by Crippen LogP contribution is -2.57. The summed E-state index contributed by atoms with van der Waals surface area (Å²) < 4.78 is 29.1. The van der Waals surface area contributed by atoms with Crippen molar-refractivity contribution in [2.45, 2.75) is 24.3 Å². The minimum atomic E-state index is -4.60. The van der Waals surface area contributed by atoms with Crippen LogP contribution in [0.1, 0.15) is 35.3 Å². The van der Waals surface area contributed by atoms with Crippen molar-refractivity contribution in [3.05, 3.63) is 124 Å². The van der Waals surface area contributed by atoms with Crippen LogP contribution in [0, 0.1) is 0 Å². The van der Waals surface area contributed by atoms with E-state index in [1.165, 1.54) is 47.4 Å². The fraction of sp³-hybridized carbons (Fsp3) is 0.156. The first-order valence-electron chi connectivity index (χ1n) is 13.9. The van der Waals surface area contributed by atoms with Crippen LogP contribution in [0.5, 0.6) is 5.75 Å². The zero-order valence-corrected chi connectivity index (χ0v) is 26.5. The van der Waals surface area contributed by atoms with Crippen LogP contribution >= 0.6 is 23.2 Å². The number of carbonyl (C=O) groups excluding carboxylic acids is 3. The number of hydrogen-bond donors (Lipinski definition) is 2. The van der Waals surface area contributed by atoms with E-state index in [0.29, 0.717) is 23.1 Å². The Morgan fingerprint density at radius 1 is 0.867 bits per heavy atom. The third kappa shape index (κ3) is 5.82. The topological polar surface area (TPSA) is 125 Å². The molecule has 0 bridgehead atoms. The van der Waals surface area contributed by atoms with Gasteiger partial charge < -0.3 is 15.1 Å². The number of fused-ring (bicyclic) bond motifs is 1. The Morgan fingerprint density at radius 3 is 2.16 bits per heavy atom. The summed E-state index contributed by atoms with van der Waals surface area (Å²) in [5.41, 5.74) is 0.663. The molecule has 1 atom stereocenters. The van der Waals surface area contributed by atoms with E-state index in [4.69, 9.17) is 28.0 Å². The van der Waals surface area contributed by atoms with Crippen molar-refractivity contribution in [2.24, 2.45) is 0 Å². The molecule has 0 spiro atoms. The van der Waals surface area contributed by atoms with Crippen molar-refractivity contribution in [3.8, 4) is 5.75 Å². The molecule has 4 amide bonds. The number of hydroxylamine groups is 1. The van der Waals surface area contributed by atoms with E-state index < -0.39 is 33.4 Å². The van der Waals surface area contributed by atoms with E-state index in [-0.39, 0.29) is 37.3 Å². The maximum absolute atomic E-state index is 14.6. The van der Waals surface area contributed by atoms with Crippen LogP contribution in [-0.4, -0.2) is 44.3 Å². The smallest absolute Gasteiger partial charge is 0.318 e. The monoisotopic (exact) mass is 666 g/mol. The summed E-state index contributed by atoms with van der Waals surface area (Å²) in [5, 5.41) is 3.15. The molecule has 1 unspecified atom stereocenters. The predicted molar refractivity (Wildman–Crippen MR) is 171 cm³/mol. The quantitative estimate of drug-likeness (QED) is 0.219. The van der Waals surface area contributed by atoms with Gasteiger partial charge >= 0.3 is 6.03 Å². The number of sulfonamides is 1. The summed E-state index contributed by atoms with van der Waals surface area (Å²) in [6, 6.07) is 23.7. The number of carbonyl (C=O) groups is 3. The fourth-order valence-corrected chi connectivity index (χ4v) is 7.02. The van der Waals surface area contributed by atoms with Crippen molar-refractivity contribution in [2.75, 3.05) is 17.4 Å². The molecule has 0 radical (unpaired) electrons. The first kappa shape index (κ1) is 31.8. The second-order valence-electron chi connectivity index (χ2n) is 9.94. The van der Waals surface area contributed by atoms with Crippen molar-refractivity contribution < 1.29 is 27.6 Å². The van der Waals surface area contributed by atoms with E-state index >= 15 is 0 Å². The van der Waals surface area contributed by atoms with Crippen LogP contribution in [0.4, 0.5) is 10.5 Å². The van der Waals surface area contributed by atoms with Crippen LogP contribution in [0.2, 0.25) is 10.0 Å². The number of anilines is 1. The summed E-state index contributed by atoms with van der Waals surface area (Å²) in [6.45, 7) is 4.22. The normalized spacial score (nSPS) is 15.7. The Morgan fingerprint density at radius 2 is 1.51 bits per heavy atom. The summed E-state index contributed by atoms with van der Waals surface area (Å²) in [4.78, 5) is 47.3. The van der Waals surface area contributed by atoms with Gasteiger partial charge in [-0.05, 0) is 74.5 Å². The number of hydrogen-bond acceptors (Lipinski definition) is 6. The van der Waals surface area contributed by atoms with Gasteiger partial charge in [0.2, 0.25) is 0 Å². The number of benzene rings is 4. The molecule has 0 saturated carbocycles. The second-order valence-corrected chi connectivity index (χ2v) is 12.6. The zero-order chi connectivity index (χ0) is 32.4. The van der Waals surface area contributed by atoms with Crippen LogP contribution in [0.15, 0.2) is 102 Å². The van der Waals surface area contributed by atoms with Gasteiger partial charge in [0, 0.05) is 39.8 Å². The highest BCUT2D eigenvalue weighted by molar-refractivity contribution is 7.93. The van der Waals surface area contributed by atoms with Crippen LogP contribution in [0.3, 0.4) is 0 Å². The second kappa shape index (κ2) is 12.8. The first-order valence-corrected chi connectivity index (χ1v) is 16.1. The van der Waals surface area contributed by atoms with E-state index in [1.54, 1.807) is 68.4 Å². The van der Waals surface area contributed by atoms with Crippen molar-refractivity contribution >= 4 is 56.8 Å². The predicted octanol–water partition coefficient (Wildman–Crippen LogP) is 5.75. The standard InChI is InChI=1S/C32H28Cl2N4O6S/c1-3-37(4-2)31(41)35-32(25-12-8-9-13-27(25)34)26-20-22(33)16-19-28(26)38(30(32)40)45(42,43)24-17-14-21(15-18-24)29(39)36-44-23-10-6-5-7-11-23/h5-20H,3-4H2,1-2H3,(H,35,41)(H,36,39). The molecule has 2 N–H and O–H groups in total. The largest absolute Gasteiger partial charge is 0.379 e. The lowest BCUT2D eigenvalue weighted by atomic mass is 9.83. The average molecular weight is 668 g/mol. The number of para-hydroxylation sites is 1. The Bertz CT molecular complexity index is 1870. The Kier molecular flexibility index (Phi) is 9.06. The molecular weight excluding hydrogens is 639 g/mol. The number of nitrogens with zero attached hydrogens (tertiary/aromatic N) is 2. The molecule has 232 valence electrons. The number of rotatable bonds is 9. The molecule has 4 aromatic carbocycles. The molecule has 10 nitrogen and oxygen atoms in total. The Labute approximate surface area is 270 Å². The molecule has 0 saturated heterocycles.